The highest BCUT2D eigenvalue weighted by Gasteiger charge is 2.05. The van der Waals surface area contributed by atoms with Crippen molar-refractivity contribution in [2.24, 2.45) is 5.92 Å². The van der Waals surface area contributed by atoms with Crippen molar-refractivity contribution in [2.75, 3.05) is 13.6 Å². The Kier molecular flexibility index (Phi) is 4.33. The molecule has 0 amide bonds. The van der Waals surface area contributed by atoms with E-state index < -0.39 is 0 Å². The summed E-state index contributed by atoms with van der Waals surface area (Å²) in [6.07, 6.45) is 0. The molecule has 0 fully saturated rings. The molecule has 1 atom stereocenters. The highest BCUT2D eigenvalue weighted by atomic mass is 15.1. The van der Waals surface area contributed by atoms with Gasteiger partial charge in [0.25, 0.3) is 0 Å². The minimum Gasteiger partial charge on any atom is -0.301 e. The summed E-state index contributed by atoms with van der Waals surface area (Å²) in [6, 6.07) is 10.8. The van der Waals surface area contributed by atoms with E-state index in [0.717, 1.165) is 13.1 Å². The second-order valence-electron chi connectivity index (χ2n) is 4.21. The third-order valence-electron chi connectivity index (χ3n) is 2.38. The van der Waals surface area contributed by atoms with Gasteiger partial charge in [-0.1, -0.05) is 29.8 Å². The lowest BCUT2D eigenvalue weighted by molar-refractivity contribution is 0.303. The summed E-state index contributed by atoms with van der Waals surface area (Å²) in [5, 5.41) is 8.71. The van der Waals surface area contributed by atoms with Crippen LogP contribution in [0.4, 0.5) is 0 Å². The first-order valence-corrected chi connectivity index (χ1v) is 5.25. The lowest BCUT2D eigenvalue weighted by atomic mass is 10.1. The maximum atomic E-state index is 8.71. The maximum absolute atomic E-state index is 8.71. The molecule has 1 aromatic rings. The van der Waals surface area contributed by atoms with E-state index >= 15 is 0 Å². The highest BCUT2D eigenvalue weighted by molar-refractivity contribution is 5.21. The highest BCUT2D eigenvalue weighted by Crippen LogP contribution is 2.07. The normalized spacial score (nSPS) is 12.5. The number of benzene rings is 1. The summed E-state index contributed by atoms with van der Waals surface area (Å²) in [7, 11) is 2.05. The molecule has 1 aromatic carbocycles. The number of nitrogens with zero attached hydrogens (tertiary/aromatic N) is 2. The number of hydrogen-bond donors (Lipinski definition) is 0. The molecule has 0 saturated heterocycles. The first kappa shape index (κ1) is 11.7. The zero-order chi connectivity index (χ0) is 11.3. The average Bonchev–Trinajstić information content (AvgIpc) is 2.21. The van der Waals surface area contributed by atoms with Crippen LogP contribution in [-0.4, -0.2) is 18.5 Å². The van der Waals surface area contributed by atoms with Gasteiger partial charge >= 0.3 is 0 Å². The van der Waals surface area contributed by atoms with E-state index in [1.54, 1.807) is 0 Å². The van der Waals surface area contributed by atoms with Gasteiger partial charge in [0, 0.05) is 13.1 Å². The predicted molar refractivity (Wildman–Crippen MR) is 62.3 cm³/mol. The van der Waals surface area contributed by atoms with Crippen LogP contribution in [0.2, 0.25) is 0 Å². The zero-order valence-electron chi connectivity index (χ0n) is 9.70. The van der Waals surface area contributed by atoms with E-state index in [4.69, 9.17) is 5.26 Å². The van der Waals surface area contributed by atoms with Crippen molar-refractivity contribution in [1.82, 2.24) is 4.90 Å². The van der Waals surface area contributed by atoms with E-state index in [-0.39, 0.29) is 5.92 Å². The quantitative estimate of drug-likeness (QED) is 0.750. The molecule has 0 aromatic heterocycles. The van der Waals surface area contributed by atoms with Gasteiger partial charge in [-0.3, -0.25) is 0 Å². The van der Waals surface area contributed by atoms with Crippen molar-refractivity contribution in [1.29, 1.82) is 5.26 Å². The van der Waals surface area contributed by atoms with E-state index in [2.05, 4.69) is 42.2 Å². The van der Waals surface area contributed by atoms with Gasteiger partial charge in [-0.15, -0.1) is 0 Å². The van der Waals surface area contributed by atoms with Crippen molar-refractivity contribution < 1.29 is 0 Å². The van der Waals surface area contributed by atoms with Crippen LogP contribution in [0.1, 0.15) is 18.1 Å². The van der Waals surface area contributed by atoms with Crippen molar-refractivity contribution >= 4 is 0 Å². The molecule has 0 aliphatic rings. The number of hydrogen-bond acceptors (Lipinski definition) is 2. The Bertz CT molecular complexity index is 335. The summed E-state index contributed by atoms with van der Waals surface area (Å²) in [5.41, 5.74) is 2.58. The van der Waals surface area contributed by atoms with Crippen LogP contribution in [0.3, 0.4) is 0 Å². The number of aryl methyl sites for hydroxylation is 1. The van der Waals surface area contributed by atoms with Crippen LogP contribution in [0.25, 0.3) is 0 Å². The van der Waals surface area contributed by atoms with Crippen molar-refractivity contribution in [3.63, 3.8) is 0 Å². The predicted octanol–water partition coefficient (Wildman–Crippen LogP) is 2.59. The van der Waals surface area contributed by atoms with Gasteiger partial charge in [0.2, 0.25) is 0 Å². The van der Waals surface area contributed by atoms with Gasteiger partial charge in [-0.25, -0.2) is 0 Å². The monoisotopic (exact) mass is 202 g/mol. The molecule has 2 nitrogen and oxygen atoms in total. The molecule has 1 rings (SSSR count). The SMILES string of the molecule is Cc1ccc(CN(C)C[C@@H](C)C#N)cc1. The Morgan fingerprint density at radius 1 is 1.33 bits per heavy atom. The van der Waals surface area contributed by atoms with Gasteiger partial charge in [-0.2, -0.15) is 5.26 Å². The van der Waals surface area contributed by atoms with Gasteiger partial charge in [0.1, 0.15) is 0 Å². The van der Waals surface area contributed by atoms with Gasteiger partial charge in [0.15, 0.2) is 0 Å². The largest absolute Gasteiger partial charge is 0.301 e. The van der Waals surface area contributed by atoms with Gasteiger partial charge in [-0.05, 0) is 26.5 Å². The van der Waals surface area contributed by atoms with E-state index in [1.165, 1.54) is 11.1 Å². The second-order valence-corrected chi connectivity index (χ2v) is 4.21. The lowest BCUT2D eigenvalue weighted by Gasteiger charge is -2.17. The molecule has 0 saturated carbocycles. The molecule has 0 bridgehead atoms. The van der Waals surface area contributed by atoms with Crippen LogP contribution >= 0.6 is 0 Å². The first-order valence-electron chi connectivity index (χ1n) is 5.25. The third-order valence-corrected chi connectivity index (χ3v) is 2.38. The molecule has 0 heterocycles. The van der Waals surface area contributed by atoms with Crippen LogP contribution in [-0.2, 0) is 6.54 Å². The Labute approximate surface area is 92.1 Å². The summed E-state index contributed by atoms with van der Waals surface area (Å²) >= 11 is 0. The third kappa shape index (κ3) is 4.14. The Hall–Kier alpha value is -1.33. The van der Waals surface area contributed by atoms with Gasteiger partial charge in [0.05, 0.1) is 12.0 Å². The molecule has 0 N–H and O–H groups in total. The standard InChI is InChI=1S/C13H18N2/c1-11-4-6-13(7-5-11)10-15(3)9-12(2)8-14/h4-7,12H,9-10H2,1-3H3/t12-/m0/s1. The molecule has 80 valence electrons. The summed E-state index contributed by atoms with van der Waals surface area (Å²) in [6.45, 7) is 5.77. The van der Waals surface area contributed by atoms with Crippen molar-refractivity contribution in [3.05, 3.63) is 35.4 Å². The van der Waals surface area contributed by atoms with Crippen LogP contribution in [0.5, 0.6) is 0 Å². The number of rotatable bonds is 4. The Balaban J connectivity index is 2.48. The summed E-state index contributed by atoms with van der Waals surface area (Å²) < 4.78 is 0. The molecule has 0 radical (unpaired) electrons. The molecule has 0 aliphatic heterocycles. The topological polar surface area (TPSA) is 27.0 Å². The minimum absolute atomic E-state index is 0.0976. The molecular formula is C13H18N2. The Morgan fingerprint density at radius 2 is 1.93 bits per heavy atom. The summed E-state index contributed by atoms with van der Waals surface area (Å²) in [4.78, 5) is 2.18. The van der Waals surface area contributed by atoms with Crippen molar-refractivity contribution in [3.8, 4) is 6.07 Å². The van der Waals surface area contributed by atoms with Crippen LogP contribution in [0.15, 0.2) is 24.3 Å². The van der Waals surface area contributed by atoms with E-state index in [1.807, 2.05) is 14.0 Å². The molecule has 2 heteroatoms. The van der Waals surface area contributed by atoms with E-state index in [9.17, 15) is 0 Å². The first-order chi connectivity index (χ1) is 7.11. The van der Waals surface area contributed by atoms with Crippen LogP contribution in [0, 0.1) is 24.2 Å². The smallest absolute Gasteiger partial charge is 0.0666 e. The molecular weight excluding hydrogens is 184 g/mol. The van der Waals surface area contributed by atoms with Crippen LogP contribution < -0.4 is 0 Å². The van der Waals surface area contributed by atoms with Gasteiger partial charge < -0.3 is 4.90 Å². The fourth-order valence-electron chi connectivity index (χ4n) is 1.58. The van der Waals surface area contributed by atoms with E-state index in [0.29, 0.717) is 0 Å². The Morgan fingerprint density at radius 3 is 2.47 bits per heavy atom. The minimum atomic E-state index is 0.0976. The maximum Gasteiger partial charge on any atom is 0.0666 e. The zero-order valence-corrected chi connectivity index (χ0v) is 9.70. The fraction of sp³-hybridized carbons (Fsp3) is 0.462. The molecule has 0 aliphatic carbocycles. The molecule has 0 spiro atoms. The molecule has 0 unspecified atom stereocenters. The van der Waals surface area contributed by atoms with Crippen molar-refractivity contribution in [2.45, 2.75) is 20.4 Å². The number of nitriles is 1. The molecule has 15 heavy (non-hydrogen) atoms. The second kappa shape index (κ2) is 5.53. The summed E-state index contributed by atoms with van der Waals surface area (Å²) in [5.74, 6) is 0.0976. The fourth-order valence-corrected chi connectivity index (χ4v) is 1.58. The lowest BCUT2D eigenvalue weighted by Crippen LogP contribution is -2.23. The average molecular weight is 202 g/mol.